The van der Waals surface area contributed by atoms with Gasteiger partial charge in [0.25, 0.3) is 0 Å². The van der Waals surface area contributed by atoms with Crippen molar-refractivity contribution in [1.82, 2.24) is 4.90 Å². The van der Waals surface area contributed by atoms with Crippen LogP contribution in [0, 0.1) is 3.57 Å². The fourth-order valence-electron chi connectivity index (χ4n) is 2.16. The Kier molecular flexibility index (Phi) is 6.92. The smallest absolute Gasteiger partial charge is 0.387 e. The van der Waals surface area contributed by atoms with Gasteiger partial charge in [0.15, 0.2) is 0 Å². The van der Waals surface area contributed by atoms with Crippen molar-refractivity contribution in [2.45, 2.75) is 13.2 Å². The molecule has 0 aliphatic heterocycles. The van der Waals surface area contributed by atoms with E-state index in [0.717, 1.165) is 14.8 Å². The fourth-order valence-corrected chi connectivity index (χ4v) is 2.70. The second-order valence-electron chi connectivity index (χ2n) is 5.25. The molecule has 0 unspecified atom stereocenters. The van der Waals surface area contributed by atoms with Crippen molar-refractivity contribution in [2.24, 2.45) is 0 Å². The minimum atomic E-state index is -2.83. The molecule has 0 heterocycles. The molecule has 2 aromatic rings. The van der Waals surface area contributed by atoms with E-state index in [4.69, 9.17) is 0 Å². The van der Waals surface area contributed by atoms with Crippen LogP contribution in [0.4, 0.5) is 14.5 Å². The zero-order valence-corrected chi connectivity index (χ0v) is 15.2. The van der Waals surface area contributed by atoms with Gasteiger partial charge in [0.2, 0.25) is 5.91 Å². The highest BCUT2D eigenvalue weighted by Crippen LogP contribution is 2.16. The summed E-state index contributed by atoms with van der Waals surface area (Å²) in [7, 11) is 1.82. The summed E-state index contributed by atoms with van der Waals surface area (Å²) in [5.41, 5.74) is 1.66. The minimum absolute atomic E-state index is 0.114. The lowest BCUT2D eigenvalue weighted by Gasteiger charge is -2.16. The summed E-state index contributed by atoms with van der Waals surface area (Å²) in [4.78, 5) is 13.9. The van der Waals surface area contributed by atoms with E-state index >= 15 is 0 Å². The summed E-state index contributed by atoms with van der Waals surface area (Å²) < 4.78 is 29.6. The number of nitrogens with one attached hydrogen (secondary N) is 1. The van der Waals surface area contributed by atoms with Crippen molar-refractivity contribution in [2.75, 3.05) is 18.9 Å². The molecule has 0 aromatic heterocycles. The summed E-state index contributed by atoms with van der Waals surface area (Å²) in [5, 5.41) is 2.84. The molecule has 1 amide bonds. The number of anilines is 1. The van der Waals surface area contributed by atoms with Crippen LogP contribution in [-0.2, 0) is 11.3 Å². The van der Waals surface area contributed by atoms with Crippen molar-refractivity contribution in [3.8, 4) is 5.75 Å². The van der Waals surface area contributed by atoms with Crippen LogP contribution in [0.25, 0.3) is 0 Å². The highest BCUT2D eigenvalue weighted by molar-refractivity contribution is 14.1. The molecule has 0 saturated carbocycles. The van der Waals surface area contributed by atoms with Gasteiger partial charge in [-0.25, -0.2) is 0 Å². The quantitative estimate of drug-likeness (QED) is 0.655. The Balaban J connectivity index is 1.83. The molecule has 0 radical (unpaired) electrons. The van der Waals surface area contributed by atoms with E-state index in [1.807, 2.05) is 36.2 Å². The van der Waals surface area contributed by atoms with Gasteiger partial charge in [0.05, 0.1) is 6.54 Å². The Morgan fingerprint density at radius 2 is 1.96 bits per heavy atom. The molecule has 0 bridgehead atoms. The van der Waals surface area contributed by atoms with Crippen LogP contribution in [-0.4, -0.2) is 31.0 Å². The van der Waals surface area contributed by atoms with Crippen LogP contribution in [0.2, 0.25) is 0 Å². The molecule has 2 rings (SSSR count). The first-order chi connectivity index (χ1) is 11.4. The Bertz CT molecular complexity index is 681. The topological polar surface area (TPSA) is 41.6 Å². The number of likely N-dealkylation sites (N-methyl/N-ethyl adjacent to an activating group) is 1. The van der Waals surface area contributed by atoms with Gasteiger partial charge in [0.1, 0.15) is 5.75 Å². The van der Waals surface area contributed by atoms with Crippen molar-refractivity contribution < 1.29 is 18.3 Å². The summed E-state index contributed by atoms with van der Waals surface area (Å²) >= 11 is 2.18. The molecule has 1 N–H and O–H groups in total. The fraction of sp³-hybridized carbons (Fsp3) is 0.235. The summed E-state index contributed by atoms with van der Waals surface area (Å²) in [5.74, 6) is 0.00461. The van der Waals surface area contributed by atoms with Crippen LogP contribution >= 0.6 is 22.6 Å². The summed E-state index contributed by atoms with van der Waals surface area (Å²) in [6.45, 7) is -2.08. The zero-order chi connectivity index (χ0) is 17.5. The predicted molar refractivity (Wildman–Crippen MR) is 97.2 cm³/mol. The van der Waals surface area contributed by atoms with Crippen LogP contribution in [0.1, 0.15) is 5.56 Å². The van der Waals surface area contributed by atoms with Gasteiger partial charge in [-0.15, -0.1) is 0 Å². The van der Waals surface area contributed by atoms with E-state index in [1.165, 1.54) is 12.1 Å². The molecule has 0 spiro atoms. The number of hydrogen-bond donors (Lipinski definition) is 1. The first kappa shape index (κ1) is 18.6. The third-order valence-electron chi connectivity index (χ3n) is 3.12. The summed E-state index contributed by atoms with van der Waals surface area (Å²) in [6.07, 6.45) is 0. The minimum Gasteiger partial charge on any atom is -0.435 e. The van der Waals surface area contributed by atoms with E-state index in [0.29, 0.717) is 6.54 Å². The third kappa shape index (κ3) is 6.40. The van der Waals surface area contributed by atoms with Crippen LogP contribution in [0.15, 0.2) is 48.5 Å². The SMILES string of the molecule is CN(CC(=O)Nc1cccc(I)c1)Cc1ccc(OC(F)F)cc1. The van der Waals surface area contributed by atoms with E-state index in [9.17, 15) is 13.6 Å². The number of halogens is 3. The second-order valence-corrected chi connectivity index (χ2v) is 6.50. The molecule has 128 valence electrons. The van der Waals surface area contributed by atoms with Gasteiger partial charge in [-0.05, 0) is 65.5 Å². The number of carbonyl (C=O) groups is 1. The lowest BCUT2D eigenvalue weighted by molar-refractivity contribution is -0.117. The number of carbonyl (C=O) groups excluding carboxylic acids is 1. The molecular formula is C17H17F2IN2O2. The van der Waals surface area contributed by atoms with Crippen molar-refractivity contribution in [3.05, 3.63) is 57.7 Å². The van der Waals surface area contributed by atoms with Gasteiger partial charge < -0.3 is 10.1 Å². The molecule has 24 heavy (non-hydrogen) atoms. The first-order valence-electron chi connectivity index (χ1n) is 7.20. The molecule has 2 aromatic carbocycles. The zero-order valence-electron chi connectivity index (χ0n) is 13.0. The maximum Gasteiger partial charge on any atom is 0.387 e. The van der Waals surface area contributed by atoms with E-state index in [2.05, 4.69) is 32.6 Å². The average Bonchev–Trinajstić information content (AvgIpc) is 2.48. The molecular weight excluding hydrogens is 429 g/mol. The van der Waals surface area contributed by atoms with Crippen molar-refractivity contribution >= 4 is 34.2 Å². The Labute approximate surface area is 152 Å². The number of benzene rings is 2. The molecule has 4 nitrogen and oxygen atoms in total. The van der Waals surface area contributed by atoms with Gasteiger partial charge in [-0.2, -0.15) is 8.78 Å². The number of nitrogens with zero attached hydrogens (tertiary/aromatic N) is 1. The molecule has 0 aliphatic carbocycles. The number of hydrogen-bond acceptors (Lipinski definition) is 3. The normalized spacial score (nSPS) is 10.9. The predicted octanol–water partition coefficient (Wildman–Crippen LogP) is 3.96. The molecule has 7 heteroatoms. The maximum absolute atomic E-state index is 12.1. The Morgan fingerprint density at radius 1 is 1.25 bits per heavy atom. The lowest BCUT2D eigenvalue weighted by atomic mass is 10.2. The van der Waals surface area contributed by atoms with E-state index in [1.54, 1.807) is 12.1 Å². The van der Waals surface area contributed by atoms with Gasteiger partial charge in [-0.3, -0.25) is 9.69 Å². The van der Waals surface area contributed by atoms with Crippen LogP contribution < -0.4 is 10.1 Å². The van der Waals surface area contributed by atoms with Crippen LogP contribution in [0.5, 0.6) is 5.75 Å². The maximum atomic E-state index is 12.1. The standard InChI is InChI=1S/C17H17F2IN2O2/c1-22(10-12-5-7-15(8-6-12)24-17(18)19)11-16(23)21-14-4-2-3-13(20)9-14/h2-9,17H,10-11H2,1H3,(H,21,23). The van der Waals surface area contributed by atoms with Crippen molar-refractivity contribution in [3.63, 3.8) is 0 Å². The largest absolute Gasteiger partial charge is 0.435 e. The third-order valence-corrected chi connectivity index (χ3v) is 3.79. The number of amides is 1. The molecule has 0 fully saturated rings. The monoisotopic (exact) mass is 446 g/mol. The average molecular weight is 446 g/mol. The first-order valence-corrected chi connectivity index (χ1v) is 8.28. The molecule has 0 aliphatic rings. The highest BCUT2D eigenvalue weighted by Gasteiger charge is 2.09. The second kappa shape index (κ2) is 8.93. The van der Waals surface area contributed by atoms with Gasteiger partial charge in [0, 0.05) is 15.8 Å². The summed E-state index contributed by atoms with van der Waals surface area (Å²) in [6, 6.07) is 13.9. The number of rotatable bonds is 7. The lowest BCUT2D eigenvalue weighted by Crippen LogP contribution is -2.29. The van der Waals surface area contributed by atoms with Gasteiger partial charge >= 0.3 is 6.61 Å². The Hall–Kier alpha value is -1.74. The number of ether oxygens (including phenoxy) is 1. The molecule has 0 atom stereocenters. The van der Waals surface area contributed by atoms with E-state index < -0.39 is 6.61 Å². The molecule has 0 saturated heterocycles. The Morgan fingerprint density at radius 3 is 2.58 bits per heavy atom. The van der Waals surface area contributed by atoms with Gasteiger partial charge in [-0.1, -0.05) is 18.2 Å². The van der Waals surface area contributed by atoms with Crippen molar-refractivity contribution in [1.29, 1.82) is 0 Å². The highest BCUT2D eigenvalue weighted by atomic mass is 127. The van der Waals surface area contributed by atoms with Crippen LogP contribution in [0.3, 0.4) is 0 Å². The van der Waals surface area contributed by atoms with E-state index in [-0.39, 0.29) is 18.2 Å². The number of alkyl halides is 2.